The van der Waals surface area contributed by atoms with Gasteiger partial charge in [-0.05, 0) is 225 Å². The lowest BCUT2D eigenvalue weighted by Gasteiger charge is -2.46. The van der Waals surface area contributed by atoms with Crippen molar-refractivity contribution in [3.63, 3.8) is 0 Å². The van der Waals surface area contributed by atoms with Gasteiger partial charge in [0.15, 0.2) is 0 Å². The van der Waals surface area contributed by atoms with Gasteiger partial charge in [-0.2, -0.15) is 0 Å². The molecular weight excluding hydrogens is 1510 g/mol. The lowest BCUT2D eigenvalue weighted by atomic mass is 9.33. The van der Waals surface area contributed by atoms with Gasteiger partial charge in [0.2, 0.25) is 0 Å². The van der Waals surface area contributed by atoms with Crippen LogP contribution in [0.15, 0.2) is 443 Å². The van der Waals surface area contributed by atoms with E-state index in [1.54, 1.807) is 0 Å². The van der Waals surface area contributed by atoms with E-state index in [0.29, 0.717) is 0 Å². The van der Waals surface area contributed by atoms with E-state index in [9.17, 15) is 0 Å². The van der Waals surface area contributed by atoms with Crippen LogP contribution in [0.4, 0.5) is 34.1 Å². The first-order valence-corrected chi connectivity index (χ1v) is 43.9. The lowest BCUT2D eigenvalue weighted by Crippen LogP contribution is -2.61. The minimum absolute atomic E-state index is 0.0724. The predicted molar refractivity (Wildman–Crippen MR) is 532 cm³/mol. The molecule has 0 radical (unpaired) electrons. The molecule has 0 atom stereocenters. The summed E-state index contributed by atoms with van der Waals surface area (Å²) in [5, 5.41) is 4.88. The third-order valence-electron chi connectivity index (χ3n) is 26.2. The van der Waals surface area contributed by atoms with Crippen molar-refractivity contribution >= 4 is 101 Å². The average Bonchev–Trinajstić information content (AvgIpc) is 1.22. The van der Waals surface area contributed by atoms with E-state index >= 15 is 0 Å². The maximum Gasteiger partial charge on any atom is 0.252 e. The number of hydrogen-bond acceptors (Lipinski definition) is 2. The zero-order valence-corrected chi connectivity index (χ0v) is 70.2. The molecule has 19 aromatic carbocycles. The van der Waals surface area contributed by atoms with Crippen LogP contribution in [0.2, 0.25) is 0 Å². The quantitative estimate of drug-likeness (QED) is 0.0897. The number of rotatable bonds is 16. The maximum atomic E-state index is 2.74. The van der Waals surface area contributed by atoms with Crippen molar-refractivity contribution < 1.29 is 0 Å². The first kappa shape index (κ1) is 74.5. The topological polar surface area (TPSA) is 16.3 Å². The van der Waals surface area contributed by atoms with Crippen molar-refractivity contribution in [2.24, 2.45) is 0 Å². The summed E-state index contributed by atoms with van der Waals surface area (Å²) in [6.45, 7) is 9.29. The Kier molecular flexibility index (Phi) is 18.4. The molecule has 0 fully saturated rings. The van der Waals surface area contributed by atoms with Crippen molar-refractivity contribution in [3.05, 3.63) is 454 Å². The number of anilines is 6. The van der Waals surface area contributed by atoms with Crippen LogP contribution < -0.4 is 26.2 Å². The molecule has 23 rings (SSSR count). The van der Waals surface area contributed by atoms with Crippen molar-refractivity contribution in [2.45, 2.75) is 39.5 Å². The van der Waals surface area contributed by atoms with Crippen LogP contribution in [0, 0.1) is 0 Å². The van der Waals surface area contributed by atoms with Gasteiger partial charge in [0.05, 0.1) is 44.8 Å². The van der Waals surface area contributed by atoms with Crippen LogP contribution in [0.3, 0.4) is 0 Å². The molecule has 4 heterocycles. The minimum Gasteiger partial charge on any atom is -0.310 e. The van der Waals surface area contributed by atoms with Gasteiger partial charge in [0.1, 0.15) is 0 Å². The van der Waals surface area contributed by atoms with Crippen LogP contribution in [0.5, 0.6) is 0 Å². The largest absolute Gasteiger partial charge is 0.310 e. The first-order valence-electron chi connectivity index (χ1n) is 43.9. The Morgan fingerprint density at radius 2 is 0.424 bits per heavy atom. The van der Waals surface area contributed by atoms with Crippen LogP contribution in [0.25, 0.3) is 166 Å². The highest BCUT2D eigenvalue weighted by molar-refractivity contribution is 7.00. The SMILES string of the molecule is CC(C)c1cc2c(cc1-n1c3ccccc3c3ccccc31)N(c1c(-c3ccccc3)cc(-c3ccccc3)cc1-c1cccc(-c3cccc(-c4ccccc4)c3)c1)c1cccc3c1B2c1cc(C(C)C)c(-n2c4ccccc4c4ccccc42)cc1N3c1c(-c2ccccc2)cc(-c2ccccc2)cc1-c1cccc(-c2cccc(-c3ccccc3)c2)c1. The van der Waals surface area contributed by atoms with Crippen molar-refractivity contribution in [2.75, 3.05) is 9.80 Å². The third kappa shape index (κ3) is 12.7. The molecule has 2 aliphatic heterocycles. The van der Waals surface area contributed by atoms with Crippen LogP contribution in [-0.2, 0) is 0 Å². The third-order valence-corrected chi connectivity index (χ3v) is 26.2. The van der Waals surface area contributed by atoms with Gasteiger partial charge in [-0.15, -0.1) is 0 Å². The number of nitrogens with zero attached hydrogens (tertiary/aromatic N) is 4. The summed E-state index contributed by atoms with van der Waals surface area (Å²) in [6, 6.07) is 167. The summed E-state index contributed by atoms with van der Waals surface area (Å²) < 4.78 is 5.17. The Hall–Kier alpha value is -15.6. The molecule has 0 saturated carbocycles. The van der Waals surface area contributed by atoms with Gasteiger partial charge >= 0.3 is 0 Å². The number of aromatic nitrogens is 2. The zero-order chi connectivity index (χ0) is 83.3. The molecular formula is C120H87BN4. The highest BCUT2D eigenvalue weighted by Gasteiger charge is 2.47. The Balaban J connectivity index is 0.880. The normalized spacial score (nSPS) is 12.3. The molecule has 0 N–H and O–H groups in total. The second kappa shape index (κ2) is 30.9. The maximum absolute atomic E-state index is 2.74. The van der Waals surface area contributed by atoms with E-state index in [1.165, 1.54) is 93.4 Å². The fraction of sp³-hybridized carbons (Fsp3) is 0.0500. The molecule has 5 heteroatoms. The Morgan fingerprint density at radius 1 is 0.184 bits per heavy atom. The van der Waals surface area contributed by atoms with Crippen molar-refractivity contribution in [3.8, 4) is 123 Å². The smallest absolute Gasteiger partial charge is 0.252 e. The monoisotopic (exact) mass is 1590 g/mol. The number of fused-ring (bicyclic) bond motifs is 10. The highest BCUT2D eigenvalue weighted by atomic mass is 15.2. The summed E-state index contributed by atoms with van der Waals surface area (Å²) >= 11 is 0. The van der Waals surface area contributed by atoms with E-state index in [4.69, 9.17) is 0 Å². The zero-order valence-electron chi connectivity index (χ0n) is 70.2. The van der Waals surface area contributed by atoms with E-state index in [-0.39, 0.29) is 18.5 Å². The number of para-hydroxylation sites is 4. The van der Waals surface area contributed by atoms with E-state index in [2.05, 4.69) is 489 Å². The molecule has 0 amide bonds. The molecule has 21 aromatic rings. The minimum atomic E-state index is -0.326. The van der Waals surface area contributed by atoms with Gasteiger partial charge in [0, 0.05) is 66.5 Å². The van der Waals surface area contributed by atoms with Crippen LogP contribution in [-0.4, -0.2) is 15.8 Å². The predicted octanol–water partition coefficient (Wildman–Crippen LogP) is 30.9. The standard InChI is InChI=1S/C120H87BN4/c1-78(2)100-74-106-116(76-114(100)122-108-60-27-23-56-96(108)97-57-24-28-61-109(97)122)124(119-102(84-44-19-9-20-45-84)70-94(82-40-15-7-16-41-82)72-104(119)92-54-33-52-90(68-92)88-50-31-48-86(66-88)80-36-11-5-12-37-80)112-64-35-65-113-118(112)121(106)107-75-101(79(3)4)115(123-110-62-29-25-58-98(110)99-59-26-30-63-111(99)123)77-117(107)125(113)120-103(85-46-21-10-22-47-85)71-95(83-42-17-8-18-43-83)73-105(120)93-55-34-53-91(69-93)89-51-32-49-87(67-89)81-38-13-6-14-39-81/h5-79H,1-4H3. The van der Waals surface area contributed by atoms with Crippen molar-refractivity contribution in [1.82, 2.24) is 9.13 Å². The van der Waals surface area contributed by atoms with Crippen LogP contribution in [0.1, 0.15) is 50.7 Å². The van der Waals surface area contributed by atoms with E-state index in [0.717, 1.165) is 135 Å². The molecule has 0 aliphatic carbocycles. The summed E-state index contributed by atoms with van der Waals surface area (Å²) in [5.74, 6) is 0.145. The van der Waals surface area contributed by atoms with Crippen LogP contribution >= 0.6 is 0 Å². The molecule has 4 nitrogen and oxygen atoms in total. The Bertz CT molecular complexity index is 7220. The number of hydrogen-bond donors (Lipinski definition) is 0. The fourth-order valence-corrected chi connectivity index (χ4v) is 20.4. The second-order valence-electron chi connectivity index (χ2n) is 34.2. The summed E-state index contributed by atoms with van der Waals surface area (Å²) in [7, 11) is 0. The molecule has 0 bridgehead atoms. The molecule has 2 aliphatic rings. The second-order valence-corrected chi connectivity index (χ2v) is 34.2. The molecule has 0 unspecified atom stereocenters. The lowest BCUT2D eigenvalue weighted by molar-refractivity contribution is 0.854. The van der Waals surface area contributed by atoms with E-state index < -0.39 is 0 Å². The molecule has 0 saturated heterocycles. The first-order chi connectivity index (χ1) is 61.7. The average molecular weight is 1600 g/mol. The Morgan fingerprint density at radius 3 is 0.736 bits per heavy atom. The highest BCUT2D eigenvalue weighted by Crippen LogP contribution is 2.57. The molecule has 0 spiro atoms. The molecule has 2 aromatic heterocycles. The van der Waals surface area contributed by atoms with Gasteiger partial charge in [0.25, 0.3) is 6.71 Å². The summed E-state index contributed by atoms with van der Waals surface area (Å²) in [4.78, 5) is 5.48. The number of benzene rings is 19. The fourth-order valence-electron chi connectivity index (χ4n) is 20.4. The summed E-state index contributed by atoms with van der Waals surface area (Å²) in [5.41, 5.74) is 42.4. The molecule has 125 heavy (non-hydrogen) atoms. The van der Waals surface area contributed by atoms with Gasteiger partial charge in [-0.3, -0.25) is 0 Å². The van der Waals surface area contributed by atoms with Gasteiger partial charge in [-0.25, -0.2) is 0 Å². The Labute approximate surface area is 730 Å². The van der Waals surface area contributed by atoms with E-state index in [1.807, 2.05) is 0 Å². The van der Waals surface area contributed by atoms with Gasteiger partial charge in [-0.1, -0.05) is 373 Å². The molecule has 590 valence electrons. The van der Waals surface area contributed by atoms with Crippen molar-refractivity contribution in [1.29, 1.82) is 0 Å². The summed E-state index contributed by atoms with van der Waals surface area (Å²) in [6.07, 6.45) is 0. The van der Waals surface area contributed by atoms with Gasteiger partial charge < -0.3 is 18.9 Å².